The molecule has 1 aliphatic carbocycles. The van der Waals surface area contributed by atoms with Gasteiger partial charge in [0.1, 0.15) is 49.2 Å². The molecular weight excluding hydrogens is 938 g/mol. The number of methoxy groups -OCH3 is 2. The van der Waals surface area contributed by atoms with E-state index in [4.69, 9.17) is 23.7 Å². The number of hydrogen-bond acceptors (Lipinski definition) is 16. The van der Waals surface area contributed by atoms with E-state index in [1.807, 2.05) is 26.0 Å². The second-order valence-corrected chi connectivity index (χ2v) is 23.9. The molecule has 3 fully saturated rings. The maximum absolute atomic E-state index is 14.5. The highest BCUT2D eigenvalue weighted by atomic mass is 31.2. The molecule has 1 unspecified atom stereocenters. The van der Waals surface area contributed by atoms with Crippen LogP contribution in [0.4, 0.5) is 0 Å². The van der Waals surface area contributed by atoms with Gasteiger partial charge in [0.15, 0.2) is 12.9 Å². The molecule has 402 valence electrons. The van der Waals surface area contributed by atoms with Crippen LogP contribution in [0, 0.1) is 35.5 Å². The molecule has 0 aromatic carbocycles. The molecule has 5 N–H and O–H groups in total. The maximum Gasteiger partial charge on any atom is 0.329 e. The number of aliphatic hydroxyl groups is 5. The number of esters is 1. The smallest absolute Gasteiger partial charge is 0.329 e. The molecule has 71 heavy (non-hydrogen) atoms. The second kappa shape index (κ2) is 27.9. The summed E-state index contributed by atoms with van der Waals surface area (Å²) in [6, 6.07) is -1.21. The fraction of sp³-hybridized carbons (Fsp3) is 0.755. The van der Waals surface area contributed by atoms with E-state index in [0.717, 1.165) is 4.90 Å². The molecule has 4 rings (SSSR count). The fourth-order valence-electron chi connectivity index (χ4n) is 10.4. The van der Waals surface area contributed by atoms with Crippen molar-refractivity contribution in [1.29, 1.82) is 0 Å². The molecule has 1 amide bonds. The summed E-state index contributed by atoms with van der Waals surface area (Å²) in [5.74, 6) is -8.84. The van der Waals surface area contributed by atoms with E-state index >= 15 is 0 Å². The lowest BCUT2D eigenvalue weighted by molar-refractivity contribution is -0.265. The Kier molecular flexibility index (Phi) is 23.7. The Morgan fingerprint density at radius 2 is 1.58 bits per heavy atom. The van der Waals surface area contributed by atoms with Crippen molar-refractivity contribution in [3.8, 4) is 0 Å². The fourth-order valence-corrected chi connectivity index (χ4v) is 11.1. The largest absolute Gasteiger partial charge is 0.460 e. The number of ketones is 3. The highest BCUT2D eigenvalue weighted by molar-refractivity contribution is 7.63. The number of nitrogens with zero attached hydrogens (tertiary/aromatic N) is 1. The van der Waals surface area contributed by atoms with Gasteiger partial charge in [0.25, 0.3) is 11.7 Å². The van der Waals surface area contributed by atoms with Crippen LogP contribution in [0.1, 0.15) is 126 Å². The second-order valence-electron chi connectivity index (χ2n) is 21.0. The lowest BCUT2D eigenvalue weighted by Crippen LogP contribution is -2.61. The van der Waals surface area contributed by atoms with Gasteiger partial charge in [0.05, 0.1) is 24.4 Å². The Hall–Kier alpha value is -3.22. The average molecular weight is 1020 g/mol. The van der Waals surface area contributed by atoms with Crippen LogP contribution in [0.2, 0.25) is 0 Å². The van der Waals surface area contributed by atoms with Crippen molar-refractivity contribution in [3.05, 3.63) is 47.6 Å². The summed E-state index contributed by atoms with van der Waals surface area (Å²) in [5.41, 5.74) is 0.982. The van der Waals surface area contributed by atoms with Crippen LogP contribution in [-0.4, -0.2) is 154 Å². The lowest BCUT2D eigenvalue weighted by Gasteiger charge is -2.43. The molecule has 18 heteroatoms. The zero-order valence-corrected chi connectivity index (χ0v) is 44.4. The summed E-state index contributed by atoms with van der Waals surface area (Å²) in [6.45, 7) is 12.3. The number of ether oxygens (including phenoxy) is 5. The van der Waals surface area contributed by atoms with Crippen molar-refractivity contribution < 1.29 is 77.8 Å². The van der Waals surface area contributed by atoms with Crippen LogP contribution in [0.25, 0.3) is 0 Å². The van der Waals surface area contributed by atoms with Crippen molar-refractivity contribution in [2.75, 3.05) is 39.8 Å². The third kappa shape index (κ3) is 16.4. The van der Waals surface area contributed by atoms with Gasteiger partial charge in [-0.15, -0.1) is 0 Å². The predicted molar refractivity (Wildman–Crippen MR) is 266 cm³/mol. The van der Waals surface area contributed by atoms with E-state index in [1.165, 1.54) is 7.11 Å². The number of carbonyl (C=O) groups excluding carboxylic acids is 5. The number of hydrogen-bond donors (Lipinski definition) is 5. The molecule has 3 heterocycles. The minimum absolute atomic E-state index is 0.0185. The van der Waals surface area contributed by atoms with Crippen LogP contribution in [0.3, 0.4) is 0 Å². The minimum atomic E-state index is -3.52. The number of piperidine rings is 1. The number of amides is 1. The van der Waals surface area contributed by atoms with Crippen LogP contribution < -0.4 is 0 Å². The van der Waals surface area contributed by atoms with Gasteiger partial charge in [0, 0.05) is 51.4 Å². The SMILES string of the molecule is CO[C@@H]1C[C@H](C[C@@H](C)[C@@H]2CC(=O)[C@H](C)/C=C(\C)[C@@H](O)[C@@H](OC)C(=O)[C@H](C)C[C@H](C)/C=C/C=C/C=C(\C)C(OCP(=O)(CO)CO)C[C@@H]3CC[C@@H](C)[C@@](O)(O3)C(=O)C(=O)N3CCCC[C@H]3C(=O)O2)CC[C@H]1O. The zero-order chi connectivity index (χ0) is 52.8. The third-order valence-electron chi connectivity index (χ3n) is 15.2. The van der Waals surface area contributed by atoms with E-state index in [2.05, 4.69) is 0 Å². The lowest BCUT2D eigenvalue weighted by atomic mass is 9.78. The topological polar surface area (TPSA) is 253 Å². The zero-order valence-electron chi connectivity index (χ0n) is 43.5. The minimum Gasteiger partial charge on any atom is -0.460 e. The van der Waals surface area contributed by atoms with Gasteiger partial charge in [-0.05, 0) is 107 Å². The van der Waals surface area contributed by atoms with E-state index in [9.17, 15) is 54.1 Å². The molecular formula is C53H84NO16P. The van der Waals surface area contributed by atoms with Gasteiger partial charge in [-0.25, -0.2) is 4.79 Å². The Morgan fingerprint density at radius 1 is 0.873 bits per heavy atom. The Labute approximate surface area is 420 Å². The van der Waals surface area contributed by atoms with Gasteiger partial charge >= 0.3 is 5.97 Å². The molecule has 0 radical (unpaired) electrons. The number of Topliss-reactive ketones (excluding diaryl/α,β-unsaturated/α-hetero) is 3. The van der Waals surface area contributed by atoms with Crippen molar-refractivity contribution in [2.45, 2.75) is 180 Å². The number of allylic oxidation sites excluding steroid dienone is 6. The average Bonchev–Trinajstić information content (AvgIpc) is 3.35. The molecule has 0 aromatic heterocycles. The Balaban J connectivity index is 1.74. The monoisotopic (exact) mass is 1020 g/mol. The van der Waals surface area contributed by atoms with E-state index in [1.54, 1.807) is 66.0 Å². The van der Waals surface area contributed by atoms with Gasteiger partial charge in [0.2, 0.25) is 5.79 Å². The predicted octanol–water partition coefficient (Wildman–Crippen LogP) is 5.77. The first-order valence-electron chi connectivity index (χ1n) is 25.6. The summed E-state index contributed by atoms with van der Waals surface area (Å²) < 4.78 is 42.7. The van der Waals surface area contributed by atoms with Crippen LogP contribution in [0.5, 0.6) is 0 Å². The van der Waals surface area contributed by atoms with Crippen molar-refractivity contribution in [1.82, 2.24) is 4.90 Å². The van der Waals surface area contributed by atoms with Crippen LogP contribution in [-0.2, 0) is 52.2 Å². The molecule has 17 nitrogen and oxygen atoms in total. The van der Waals surface area contributed by atoms with Gasteiger partial charge < -0.3 is 58.7 Å². The number of cyclic esters (lactones) is 1. The van der Waals surface area contributed by atoms with E-state index in [-0.39, 0.29) is 67.7 Å². The van der Waals surface area contributed by atoms with Gasteiger partial charge in [-0.1, -0.05) is 71.1 Å². The molecule has 4 aliphatic rings. The number of fused-ring (bicyclic) bond motifs is 3. The molecule has 0 aromatic rings. The molecule has 3 aliphatic heterocycles. The van der Waals surface area contributed by atoms with E-state index in [0.29, 0.717) is 62.5 Å². The molecule has 0 spiro atoms. The summed E-state index contributed by atoms with van der Waals surface area (Å²) >= 11 is 0. The summed E-state index contributed by atoms with van der Waals surface area (Å²) in [7, 11) is -0.624. The van der Waals surface area contributed by atoms with Crippen molar-refractivity contribution in [3.63, 3.8) is 0 Å². The molecule has 2 bridgehead atoms. The van der Waals surface area contributed by atoms with Gasteiger partial charge in [-0.3, -0.25) is 19.2 Å². The number of rotatable bonds is 10. The first-order chi connectivity index (χ1) is 33.5. The first kappa shape index (κ1) is 60.3. The highest BCUT2D eigenvalue weighted by Crippen LogP contribution is 2.44. The Morgan fingerprint density at radius 3 is 2.24 bits per heavy atom. The summed E-state index contributed by atoms with van der Waals surface area (Å²) in [4.78, 5) is 72.3. The third-order valence-corrected chi connectivity index (χ3v) is 16.9. The van der Waals surface area contributed by atoms with E-state index < -0.39 is 110 Å². The number of aliphatic hydroxyl groups excluding tert-OH is 4. The maximum atomic E-state index is 14.5. The van der Waals surface area contributed by atoms with Crippen LogP contribution >= 0.6 is 7.14 Å². The number of carbonyl (C=O) groups is 5. The summed E-state index contributed by atoms with van der Waals surface area (Å²) in [5, 5.41) is 53.6. The quantitative estimate of drug-likeness (QED) is 0.0754. The highest BCUT2D eigenvalue weighted by Gasteiger charge is 2.53. The van der Waals surface area contributed by atoms with Crippen LogP contribution in [0.15, 0.2) is 47.6 Å². The van der Waals surface area contributed by atoms with Gasteiger partial charge in [-0.2, -0.15) is 0 Å². The normalized spacial score (nSPS) is 38.3. The molecule has 15 atom stereocenters. The molecule has 1 saturated carbocycles. The van der Waals surface area contributed by atoms with Crippen molar-refractivity contribution >= 4 is 36.4 Å². The standard InChI is InChI=1S/C53H84NO16P/c1-32-15-11-10-12-16-33(2)44(68-31-71(65,29-55)30-56)27-40-20-18-38(7)53(64,70-40)50(61)51(62)54-22-14-13-17-41(54)52(63)69-45(35(4)25-39-19-21-42(57)46(26-39)66-8)28-43(58)34(3)24-37(6)48(60)49(67-9)47(59)36(5)23-32/h10-12,15-16,24,32,34-36,38-42,44-46,48-49,55-57,60,64H,13-14,17-23,25-31H2,1-9H3/b12-10+,15-11+,33-16+,37-24+/t32-,34-,35-,36-,38-,39+,40+,41+,42-,44?,45+,46-,48-,49+,53-/m1/s1. The summed E-state index contributed by atoms with van der Waals surface area (Å²) in [6.07, 6.45) is 6.75. The first-order valence-corrected chi connectivity index (χ1v) is 27.8. The van der Waals surface area contributed by atoms with Crippen molar-refractivity contribution in [2.24, 2.45) is 35.5 Å². The Bertz CT molecular complexity index is 1980. The molecule has 2 saturated heterocycles.